The van der Waals surface area contributed by atoms with Crippen molar-refractivity contribution in [1.82, 2.24) is 0 Å². The molecule has 70 valence electrons. The lowest BCUT2D eigenvalue weighted by molar-refractivity contribution is 0.0999. The molecule has 0 radical (unpaired) electrons. The number of rotatable bonds is 2. The summed E-state index contributed by atoms with van der Waals surface area (Å²) in [5.41, 5.74) is 5.71. The lowest BCUT2D eigenvalue weighted by Gasteiger charge is -2.07. The Hall–Kier alpha value is -1.71. The summed E-state index contributed by atoms with van der Waals surface area (Å²) in [7, 11) is 0. The van der Waals surface area contributed by atoms with E-state index in [0.717, 1.165) is 0 Å². The van der Waals surface area contributed by atoms with Crippen LogP contribution in [0.25, 0.3) is 0 Å². The molecule has 0 heterocycles. The first-order valence-corrected chi connectivity index (χ1v) is 3.91. The van der Waals surface area contributed by atoms with Crippen LogP contribution in [0.15, 0.2) is 12.1 Å². The van der Waals surface area contributed by atoms with Crippen LogP contribution in [0.4, 0.5) is 0 Å². The zero-order valence-corrected chi connectivity index (χ0v) is 7.24. The Labute approximate surface area is 75.6 Å². The fraction of sp³-hybridized carbons (Fsp3) is 0.222. The Kier molecular flexibility index (Phi) is 2.41. The monoisotopic (exact) mass is 181 g/mol. The quantitative estimate of drug-likeness (QED) is 0.589. The highest BCUT2D eigenvalue weighted by atomic mass is 16.3. The molecule has 0 aliphatic carbocycles. The third-order valence-electron chi connectivity index (χ3n) is 1.88. The Morgan fingerprint density at radius 1 is 1.46 bits per heavy atom. The number of primary amides is 1. The van der Waals surface area contributed by atoms with Gasteiger partial charge in [-0.2, -0.15) is 0 Å². The molecule has 4 N–H and O–H groups in total. The van der Waals surface area contributed by atoms with Crippen LogP contribution in [0.2, 0.25) is 0 Å². The molecule has 0 saturated heterocycles. The standard InChI is InChI=1S/C9H11NO3/c1-2-5-6(9(10)13)3-4-7(11)8(5)12/h3-4,11-12H,2H2,1H3,(H2,10,13). The van der Waals surface area contributed by atoms with Crippen molar-refractivity contribution in [3.8, 4) is 11.5 Å². The molecule has 0 saturated carbocycles. The molecule has 1 aromatic rings. The fourth-order valence-corrected chi connectivity index (χ4v) is 1.21. The first kappa shape index (κ1) is 9.38. The van der Waals surface area contributed by atoms with Crippen molar-refractivity contribution in [1.29, 1.82) is 0 Å². The van der Waals surface area contributed by atoms with Crippen LogP contribution in [-0.2, 0) is 6.42 Å². The summed E-state index contributed by atoms with van der Waals surface area (Å²) in [6.07, 6.45) is 0.443. The van der Waals surface area contributed by atoms with Crippen LogP contribution in [0.3, 0.4) is 0 Å². The van der Waals surface area contributed by atoms with Gasteiger partial charge in [0.15, 0.2) is 11.5 Å². The summed E-state index contributed by atoms with van der Waals surface area (Å²) in [6.45, 7) is 1.76. The number of aromatic hydroxyl groups is 2. The van der Waals surface area contributed by atoms with E-state index >= 15 is 0 Å². The number of nitrogens with two attached hydrogens (primary N) is 1. The fourth-order valence-electron chi connectivity index (χ4n) is 1.21. The van der Waals surface area contributed by atoms with E-state index in [9.17, 15) is 9.90 Å². The zero-order chi connectivity index (χ0) is 10.0. The van der Waals surface area contributed by atoms with E-state index in [4.69, 9.17) is 10.8 Å². The highest BCUT2D eigenvalue weighted by Gasteiger charge is 2.13. The summed E-state index contributed by atoms with van der Waals surface area (Å²) < 4.78 is 0. The van der Waals surface area contributed by atoms with E-state index in [1.807, 2.05) is 0 Å². The highest BCUT2D eigenvalue weighted by molar-refractivity contribution is 5.95. The van der Waals surface area contributed by atoms with Crippen molar-refractivity contribution < 1.29 is 15.0 Å². The summed E-state index contributed by atoms with van der Waals surface area (Å²) in [5, 5.41) is 18.5. The maximum atomic E-state index is 10.9. The van der Waals surface area contributed by atoms with Crippen LogP contribution in [0, 0.1) is 0 Å². The maximum absolute atomic E-state index is 10.9. The normalized spacial score (nSPS) is 9.92. The lowest BCUT2D eigenvalue weighted by Crippen LogP contribution is -2.13. The predicted molar refractivity (Wildman–Crippen MR) is 47.7 cm³/mol. The van der Waals surface area contributed by atoms with Crippen LogP contribution in [0.5, 0.6) is 11.5 Å². The molecule has 0 atom stereocenters. The smallest absolute Gasteiger partial charge is 0.249 e. The molecule has 0 aliphatic heterocycles. The number of amides is 1. The van der Waals surface area contributed by atoms with Crippen molar-refractivity contribution in [2.75, 3.05) is 0 Å². The predicted octanol–water partition coefficient (Wildman–Crippen LogP) is 0.759. The Morgan fingerprint density at radius 2 is 2.08 bits per heavy atom. The van der Waals surface area contributed by atoms with Gasteiger partial charge in [0.05, 0.1) is 0 Å². The average Bonchev–Trinajstić information content (AvgIpc) is 2.09. The van der Waals surface area contributed by atoms with Crippen LogP contribution in [0.1, 0.15) is 22.8 Å². The number of hydrogen-bond donors (Lipinski definition) is 3. The SMILES string of the molecule is CCc1c(C(N)=O)ccc(O)c1O. The molecule has 0 aromatic heterocycles. The maximum Gasteiger partial charge on any atom is 0.249 e. The zero-order valence-electron chi connectivity index (χ0n) is 7.24. The third kappa shape index (κ3) is 1.56. The van der Waals surface area contributed by atoms with Gasteiger partial charge in [-0.1, -0.05) is 6.92 Å². The van der Waals surface area contributed by atoms with Crippen LogP contribution < -0.4 is 5.73 Å². The average molecular weight is 181 g/mol. The summed E-state index contributed by atoms with van der Waals surface area (Å²) in [5.74, 6) is -1.10. The molecule has 0 fully saturated rings. The Morgan fingerprint density at radius 3 is 2.54 bits per heavy atom. The molecular formula is C9H11NO3. The van der Waals surface area contributed by atoms with Gasteiger partial charge >= 0.3 is 0 Å². The van der Waals surface area contributed by atoms with Crippen LogP contribution >= 0.6 is 0 Å². The minimum absolute atomic E-state index is 0.234. The summed E-state index contributed by atoms with van der Waals surface area (Å²) in [4.78, 5) is 10.9. The second-order valence-corrected chi connectivity index (χ2v) is 2.68. The second-order valence-electron chi connectivity index (χ2n) is 2.68. The highest BCUT2D eigenvalue weighted by Crippen LogP contribution is 2.31. The van der Waals surface area contributed by atoms with Crippen molar-refractivity contribution in [2.24, 2.45) is 5.73 Å². The van der Waals surface area contributed by atoms with Gasteiger partial charge in [-0.05, 0) is 18.6 Å². The van der Waals surface area contributed by atoms with E-state index in [-0.39, 0.29) is 17.1 Å². The molecule has 4 heteroatoms. The van der Waals surface area contributed by atoms with Crippen molar-refractivity contribution in [3.63, 3.8) is 0 Å². The number of carbonyl (C=O) groups excluding carboxylic acids is 1. The van der Waals surface area contributed by atoms with E-state index in [2.05, 4.69) is 0 Å². The van der Waals surface area contributed by atoms with Gasteiger partial charge in [-0.15, -0.1) is 0 Å². The second kappa shape index (κ2) is 3.35. The number of phenolic OH excluding ortho intramolecular Hbond substituents is 2. The molecule has 13 heavy (non-hydrogen) atoms. The minimum Gasteiger partial charge on any atom is -0.504 e. The molecular weight excluding hydrogens is 170 g/mol. The number of phenols is 2. The first-order valence-electron chi connectivity index (χ1n) is 3.91. The molecule has 1 aromatic carbocycles. The Balaban J connectivity index is 3.38. The van der Waals surface area contributed by atoms with E-state index in [1.165, 1.54) is 12.1 Å². The molecule has 1 rings (SSSR count). The third-order valence-corrected chi connectivity index (χ3v) is 1.88. The van der Waals surface area contributed by atoms with Crippen molar-refractivity contribution >= 4 is 5.91 Å². The molecule has 4 nitrogen and oxygen atoms in total. The van der Waals surface area contributed by atoms with Gasteiger partial charge in [0.2, 0.25) is 5.91 Å². The first-order chi connectivity index (χ1) is 6.07. The largest absolute Gasteiger partial charge is 0.504 e. The number of carbonyl (C=O) groups is 1. The topological polar surface area (TPSA) is 83.6 Å². The van der Waals surface area contributed by atoms with Gasteiger partial charge in [-0.25, -0.2) is 0 Å². The molecule has 0 spiro atoms. The van der Waals surface area contributed by atoms with E-state index < -0.39 is 5.91 Å². The lowest BCUT2D eigenvalue weighted by atomic mass is 10.0. The van der Waals surface area contributed by atoms with E-state index in [1.54, 1.807) is 6.92 Å². The van der Waals surface area contributed by atoms with Gasteiger partial charge in [0.25, 0.3) is 0 Å². The van der Waals surface area contributed by atoms with Crippen molar-refractivity contribution in [2.45, 2.75) is 13.3 Å². The molecule has 0 aliphatic rings. The number of benzene rings is 1. The molecule has 0 unspecified atom stereocenters. The number of hydrogen-bond acceptors (Lipinski definition) is 3. The van der Waals surface area contributed by atoms with Gasteiger partial charge in [0.1, 0.15) is 0 Å². The van der Waals surface area contributed by atoms with Gasteiger partial charge in [0, 0.05) is 11.1 Å². The summed E-state index contributed by atoms with van der Waals surface area (Å²) >= 11 is 0. The Bertz CT molecular complexity index is 347. The minimum atomic E-state index is -0.604. The van der Waals surface area contributed by atoms with Gasteiger partial charge < -0.3 is 15.9 Å². The molecule has 1 amide bonds. The van der Waals surface area contributed by atoms with Crippen molar-refractivity contribution in [3.05, 3.63) is 23.3 Å². The summed E-state index contributed by atoms with van der Waals surface area (Å²) in [6, 6.07) is 2.64. The van der Waals surface area contributed by atoms with Gasteiger partial charge in [-0.3, -0.25) is 4.79 Å². The van der Waals surface area contributed by atoms with Crippen LogP contribution in [-0.4, -0.2) is 16.1 Å². The molecule has 0 bridgehead atoms. The van der Waals surface area contributed by atoms with E-state index in [0.29, 0.717) is 12.0 Å².